The summed E-state index contributed by atoms with van der Waals surface area (Å²) in [6.07, 6.45) is 10.6. The third-order valence-corrected chi connectivity index (χ3v) is 3.66. The second kappa shape index (κ2) is 9.77. The highest BCUT2D eigenvalue weighted by Gasteiger charge is 2.05. The minimum absolute atomic E-state index is 0.309. The molecule has 0 saturated heterocycles. The lowest BCUT2D eigenvalue weighted by Crippen LogP contribution is -1.99. The summed E-state index contributed by atoms with van der Waals surface area (Å²) in [7, 11) is 0. The second-order valence-corrected chi connectivity index (χ2v) is 5.35. The van der Waals surface area contributed by atoms with Crippen LogP contribution in [0.1, 0.15) is 81.1 Å². The molecule has 19 heavy (non-hydrogen) atoms. The minimum atomic E-state index is 0.309. The number of aryl methyl sites for hydroxylation is 1. The van der Waals surface area contributed by atoms with Crippen LogP contribution in [-0.4, -0.2) is 5.78 Å². The summed E-state index contributed by atoms with van der Waals surface area (Å²) < 4.78 is 0. The standard InChI is InChI=1S/C18H28O/c1-3-5-6-7-8-9-10-14-18(19)17-13-11-12-16(4-2)15-17/h11-13,15H,3-10,14H2,1-2H3. The van der Waals surface area contributed by atoms with E-state index >= 15 is 0 Å². The summed E-state index contributed by atoms with van der Waals surface area (Å²) in [5, 5.41) is 0. The Hall–Kier alpha value is -1.11. The lowest BCUT2D eigenvalue weighted by atomic mass is 10.0. The molecule has 0 aliphatic heterocycles. The van der Waals surface area contributed by atoms with Crippen molar-refractivity contribution in [1.29, 1.82) is 0 Å². The van der Waals surface area contributed by atoms with Gasteiger partial charge in [0.05, 0.1) is 0 Å². The molecule has 0 atom stereocenters. The van der Waals surface area contributed by atoms with Crippen LogP contribution in [0, 0.1) is 0 Å². The number of rotatable bonds is 10. The van der Waals surface area contributed by atoms with Crippen molar-refractivity contribution < 1.29 is 4.79 Å². The molecule has 0 radical (unpaired) electrons. The van der Waals surface area contributed by atoms with Gasteiger partial charge in [-0.05, 0) is 24.5 Å². The van der Waals surface area contributed by atoms with Crippen LogP contribution in [-0.2, 0) is 6.42 Å². The first-order chi connectivity index (χ1) is 9.27. The molecule has 0 heterocycles. The van der Waals surface area contributed by atoms with Crippen molar-refractivity contribution in [3.8, 4) is 0 Å². The average molecular weight is 260 g/mol. The Balaban J connectivity index is 2.20. The van der Waals surface area contributed by atoms with Crippen molar-refractivity contribution >= 4 is 5.78 Å². The van der Waals surface area contributed by atoms with E-state index in [-0.39, 0.29) is 0 Å². The molecule has 0 unspecified atom stereocenters. The van der Waals surface area contributed by atoms with Crippen molar-refractivity contribution in [3.05, 3.63) is 35.4 Å². The Morgan fingerprint density at radius 2 is 1.63 bits per heavy atom. The van der Waals surface area contributed by atoms with Crippen LogP contribution >= 0.6 is 0 Å². The zero-order valence-electron chi connectivity index (χ0n) is 12.6. The van der Waals surface area contributed by atoms with Crippen LogP contribution in [0.4, 0.5) is 0 Å². The van der Waals surface area contributed by atoms with E-state index < -0.39 is 0 Å². The van der Waals surface area contributed by atoms with Crippen LogP contribution in [0.3, 0.4) is 0 Å². The van der Waals surface area contributed by atoms with E-state index in [9.17, 15) is 4.79 Å². The Bertz CT molecular complexity index is 368. The van der Waals surface area contributed by atoms with Gasteiger partial charge in [-0.1, -0.05) is 70.6 Å². The van der Waals surface area contributed by atoms with Gasteiger partial charge in [-0.2, -0.15) is 0 Å². The topological polar surface area (TPSA) is 17.1 Å². The maximum Gasteiger partial charge on any atom is 0.162 e. The fourth-order valence-electron chi connectivity index (χ4n) is 2.35. The number of benzene rings is 1. The Morgan fingerprint density at radius 3 is 2.32 bits per heavy atom. The van der Waals surface area contributed by atoms with E-state index in [0.717, 1.165) is 18.4 Å². The molecule has 1 rings (SSSR count). The van der Waals surface area contributed by atoms with Gasteiger partial charge in [0.15, 0.2) is 5.78 Å². The van der Waals surface area contributed by atoms with Crippen LogP contribution < -0.4 is 0 Å². The SMILES string of the molecule is CCCCCCCCCC(=O)c1cccc(CC)c1. The van der Waals surface area contributed by atoms with Gasteiger partial charge in [0.2, 0.25) is 0 Å². The molecule has 0 saturated carbocycles. The maximum atomic E-state index is 12.0. The molecule has 106 valence electrons. The van der Waals surface area contributed by atoms with Gasteiger partial charge >= 0.3 is 0 Å². The van der Waals surface area contributed by atoms with Crippen LogP contribution in [0.5, 0.6) is 0 Å². The van der Waals surface area contributed by atoms with Gasteiger partial charge in [-0.3, -0.25) is 4.79 Å². The number of ketones is 1. The molecular formula is C18H28O. The van der Waals surface area contributed by atoms with E-state index in [4.69, 9.17) is 0 Å². The number of unbranched alkanes of at least 4 members (excludes halogenated alkanes) is 6. The maximum absolute atomic E-state index is 12.0. The molecule has 0 bridgehead atoms. The van der Waals surface area contributed by atoms with Crippen molar-refractivity contribution in [2.24, 2.45) is 0 Å². The average Bonchev–Trinajstić information content (AvgIpc) is 2.46. The first-order valence-corrected chi connectivity index (χ1v) is 7.90. The summed E-state index contributed by atoms with van der Waals surface area (Å²) in [6, 6.07) is 8.08. The quantitative estimate of drug-likeness (QED) is 0.397. The first kappa shape index (κ1) is 15.9. The minimum Gasteiger partial charge on any atom is -0.294 e. The normalized spacial score (nSPS) is 10.6. The first-order valence-electron chi connectivity index (χ1n) is 7.90. The van der Waals surface area contributed by atoms with Gasteiger partial charge in [-0.25, -0.2) is 0 Å². The molecule has 0 aliphatic carbocycles. The highest BCUT2D eigenvalue weighted by atomic mass is 16.1. The molecule has 1 heteroatoms. The highest BCUT2D eigenvalue weighted by Crippen LogP contribution is 2.13. The summed E-state index contributed by atoms with van der Waals surface area (Å²) in [5.74, 6) is 0.309. The smallest absolute Gasteiger partial charge is 0.162 e. The van der Waals surface area contributed by atoms with Crippen molar-refractivity contribution in [1.82, 2.24) is 0 Å². The van der Waals surface area contributed by atoms with Gasteiger partial charge < -0.3 is 0 Å². The van der Waals surface area contributed by atoms with Gasteiger partial charge in [0, 0.05) is 12.0 Å². The zero-order chi connectivity index (χ0) is 13.9. The molecule has 0 N–H and O–H groups in total. The van der Waals surface area contributed by atoms with E-state index in [2.05, 4.69) is 19.9 Å². The van der Waals surface area contributed by atoms with Crippen LogP contribution in [0.15, 0.2) is 24.3 Å². The van der Waals surface area contributed by atoms with Gasteiger partial charge in [0.1, 0.15) is 0 Å². The molecule has 0 aromatic heterocycles. The van der Waals surface area contributed by atoms with Crippen molar-refractivity contribution in [3.63, 3.8) is 0 Å². The lowest BCUT2D eigenvalue weighted by molar-refractivity contribution is 0.0979. The molecule has 1 aromatic carbocycles. The Kier molecular flexibility index (Phi) is 8.20. The third-order valence-electron chi connectivity index (χ3n) is 3.66. The van der Waals surface area contributed by atoms with E-state index in [1.807, 2.05) is 18.2 Å². The molecule has 0 fully saturated rings. The summed E-state index contributed by atoms with van der Waals surface area (Å²) >= 11 is 0. The Morgan fingerprint density at radius 1 is 0.947 bits per heavy atom. The van der Waals surface area contributed by atoms with Crippen LogP contribution in [0.25, 0.3) is 0 Å². The molecule has 0 amide bonds. The van der Waals surface area contributed by atoms with Crippen LogP contribution in [0.2, 0.25) is 0 Å². The fraction of sp³-hybridized carbons (Fsp3) is 0.611. The predicted octanol–water partition coefficient (Wildman–Crippen LogP) is 5.57. The lowest BCUT2D eigenvalue weighted by Gasteiger charge is -2.04. The number of carbonyl (C=O) groups is 1. The molecular weight excluding hydrogens is 232 g/mol. The number of hydrogen-bond donors (Lipinski definition) is 0. The van der Waals surface area contributed by atoms with Crippen molar-refractivity contribution in [2.45, 2.75) is 71.6 Å². The predicted molar refractivity (Wildman–Crippen MR) is 82.8 cm³/mol. The second-order valence-electron chi connectivity index (χ2n) is 5.35. The molecule has 1 aromatic rings. The number of Topliss-reactive ketones (excluding diaryl/α,β-unsaturated/α-hetero) is 1. The van der Waals surface area contributed by atoms with Gasteiger partial charge in [0.25, 0.3) is 0 Å². The van der Waals surface area contributed by atoms with Crippen molar-refractivity contribution in [2.75, 3.05) is 0 Å². The fourth-order valence-corrected chi connectivity index (χ4v) is 2.35. The van der Waals surface area contributed by atoms with E-state index in [1.165, 1.54) is 44.1 Å². The Labute approximate surface area is 118 Å². The summed E-state index contributed by atoms with van der Waals surface area (Å²) in [5.41, 5.74) is 2.15. The third kappa shape index (κ3) is 6.56. The molecule has 0 spiro atoms. The summed E-state index contributed by atoms with van der Waals surface area (Å²) in [4.78, 5) is 12.0. The zero-order valence-corrected chi connectivity index (χ0v) is 12.6. The highest BCUT2D eigenvalue weighted by molar-refractivity contribution is 5.96. The van der Waals surface area contributed by atoms with Gasteiger partial charge in [-0.15, -0.1) is 0 Å². The monoisotopic (exact) mass is 260 g/mol. The number of hydrogen-bond acceptors (Lipinski definition) is 1. The molecule has 0 aliphatic rings. The van der Waals surface area contributed by atoms with E-state index in [0.29, 0.717) is 12.2 Å². The molecule has 1 nitrogen and oxygen atoms in total. The summed E-state index contributed by atoms with van der Waals surface area (Å²) in [6.45, 7) is 4.36. The largest absolute Gasteiger partial charge is 0.294 e. The number of carbonyl (C=O) groups excluding carboxylic acids is 1. The van der Waals surface area contributed by atoms with E-state index in [1.54, 1.807) is 0 Å².